The van der Waals surface area contributed by atoms with E-state index in [0.717, 1.165) is 25.0 Å². The summed E-state index contributed by atoms with van der Waals surface area (Å²) in [6, 6.07) is 10.0. The van der Waals surface area contributed by atoms with Crippen LogP contribution in [0.1, 0.15) is 61.9 Å². The molecule has 1 aliphatic heterocycles. The van der Waals surface area contributed by atoms with Gasteiger partial charge >= 0.3 is 0 Å². The number of furan rings is 1. The molecule has 0 bridgehead atoms. The molecular weight excluding hydrogens is 388 g/mol. The first kappa shape index (κ1) is 21.6. The molecule has 1 amide bonds. The van der Waals surface area contributed by atoms with Gasteiger partial charge in [0.1, 0.15) is 11.5 Å². The van der Waals surface area contributed by atoms with E-state index in [1.807, 2.05) is 39.8 Å². The van der Waals surface area contributed by atoms with Gasteiger partial charge in [0, 0.05) is 24.2 Å². The third-order valence-electron chi connectivity index (χ3n) is 5.44. The van der Waals surface area contributed by atoms with Crippen LogP contribution in [0.4, 0.5) is 0 Å². The van der Waals surface area contributed by atoms with Gasteiger partial charge < -0.3 is 9.32 Å². The van der Waals surface area contributed by atoms with Crippen LogP contribution in [0, 0.1) is 6.92 Å². The topological polar surface area (TPSA) is 70.8 Å². The van der Waals surface area contributed by atoms with Crippen molar-refractivity contribution in [3.63, 3.8) is 0 Å². The van der Waals surface area contributed by atoms with Crippen molar-refractivity contribution in [3.05, 3.63) is 53.5 Å². The summed E-state index contributed by atoms with van der Waals surface area (Å²) in [4.78, 5) is 15.1. The number of carbonyl (C=O) groups is 1. The van der Waals surface area contributed by atoms with Gasteiger partial charge in [0.05, 0.1) is 11.4 Å². The summed E-state index contributed by atoms with van der Waals surface area (Å²) in [5.74, 6) is 1.29. The molecule has 1 fully saturated rings. The summed E-state index contributed by atoms with van der Waals surface area (Å²) < 4.78 is 33.5. The van der Waals surface area contributed by atoms with Crippen molar-refractivity contribution >= 4 is 15.9 Å². The molecule has 0 aliphatic carbocycles. The van der Waals surface area contributed by atoms with Crippen molar-refractivity contribution < 1.29 is 17.6 Å². The van der Waals surface area contributed by atoms with Gasteiger partial charge in [-0.25, -0.2) is 8.42 Å². The van der Waals surface area contributed by atoms with Crippen LogP contribution in [-0.4, -0.2) is 42.2 Å². The summed E-state index contributed by atoms with van der Waals surface area (Å²) in [6.45, 7) is 8.54. The number of nitrogens with zero attached hydrogens (tertiary/aromatic N) is 2. The highest BCUT2D eigenvalue weighted by atomic mass is 32.2. The lowest BCUT2D eigenvalue weighted by Gasteiger charge is -2.32. The van der Waals surface area contributed by atoms with Crippen LogP contribution in [-0.2, 0) is 16.6 Å². The standard InChI is InChI=1S/C22H30N2O4S/c1-16(2)23(15-20-12-11-18(4)28-20)22(25)19-9-7-10-21(14-19)29(26,27)24-13-6-5-8-17(24)3/h7,9-12,14,16-17H,5-6,8,13,15H2,1-4H3. The van der Waals surface area contributed by atoms with E-state index in [1.165, 1.54) is 6.07 Å². The fraction of sp³-hybridized carbons (Fsp3) is 0.500. The van der Waals surface area contributed by atoms with E-state index in [-0.39, 0.29) is 22.9 Å². The maximum atomic E-state index is 13.2. The van der Waals surface area contributed by atoms with E-state index < -0.39 is 10.0 Å². The van der Waals surface area contributed by atoms with Crippen molar-refractivity contribution in [2.45, 2.75) is 70.5 Å². The fourth-order valence-corrected chi connectivity index (χ4v) is 5.49. The van der Waals surface area contributed by atoms with Gasteiger partial charge in [0.25, 0.3) is 5.91 Å². The average Bonchev–Trinajstić information content (AvgIpc) is 3.10. The van der Waals surface area contributed by atoms with Crippen LogP contribution in [0.15, 0.2) is 45.7 Å². The lowest BCUT2D eigenvalue weighted by molar-refractivity contribution is 0.0675. The van der Waals surface area contributed by atoms with E-state index >= 15 is 0 Å². The zero-order valence-corrected chi connectivity index (χ0v) is 18.4. The number of piperidine rings is 1. The summed E-state index contributed by atoms with van der Waals surface area (Å²) in [7, 11) is -3.62. The van der Waals surface area contributed by atoms with E-state index in [9.17, 15) is 13.2 Å². The number of sulfonamides is 1. The molecule has 158 valence electrons. The molecule has 1 aromatic heterocycles. The first-order chi connectivity index (χ1) is 13.7. The Balaban J connectivity index is 1.87. The molecule has 6 nitrogen and oxygen atoms in total. The normalized spacial score (nSPS) is 18.2. The summed E-state index contributed by atoms with van der Waals surface area (Å²) in [6.07, 6.45) is 2.77. The number of hydrogen-bond acceptors (Lipinski definition) is 4. The molecule has 0 spiro atoms. The molecular formula is C22H30N2O4S. The fourth-order valence-electron chi connectivity index (χ4n) is 3.75. The summed E-state index contributed by atoms with van der Waals surface area (Å²) >= 11 is 0. The molecule has 0 N–H and O–H groups in total. The number of aryl methyl sites for hydroxylation is 1. The number of rotatable bonds is 6. The molecule has 1 aliphatic rings. The minimum Gasteiger partial charge on any atom is -0.464 e. The summed E-state index contributed by atoms with van der Waals surface area (Å²) in [5, 5.41) is 0. The summed E-state index contributed by atoms with van der Waals surface area (Å²) in [5.41, 5.74) is 0.368. The van der Waals surface area contributed by atoms with E-state index in [0.29, 0.717) is 24.4 Å². The molecule has 1 unspecified atom stereocenters. The van der Waals surface area contributed by atoms with Crippen molar-refractivity contribution in [1.29, 1.82) is 0 Å². The predicted molar refractivity (Wildman–Crippen MR) is 112 cm³/mol. The van der Waals surface area contributed by atoms with Crippen molar-refractivity contribution in [1.82, 2.24) is 9.21 Å². The Morgan fingerprint density at radius 2 is 2.00 bits per heavy atom. The highest BCUT2D eigenvalue weighted by molar-refractivity contribution is 7.89. The zero-order valence-electron chi connectivity index (χ0n) is 17.6. The average molecular weight is 419 g/mol. The quantitative estimate of drug-likeness (QED) is 0.705. The van der Waals surface area contributed by atoms with Gasteiger partial charge in [0.2, 0.25) is 10.0 Å². The highest BCUT2D eigenvalue weighted by Crippen LogP contribution is 2.26. The van der Waals surface area contributed by atoms with E-state index in [1.54, 1.807) is 27.4 Å². The molecule has 1 saturated heterocycles. The highest BCUT2D eigenvalue weighted by Gasteiger charge is 2.31. The van der Waals surface area contributed by atoms with Crippen molar-refractivity contribution in [2.24, 2.45) is 0 Å². The Hall–Kier alpha value is -2.12. The second-order valence-corrected chi connectivity index (χ2v) is 9.92. The minimum atomic E-state index is -3.62. The van der Waals surface area contributed by atoms with Gasteiger partial charge in [0.15, 0.2) is 0 Å². The van der Waals surface area contributed by atoms with Crippen LogP contribution in [0.25, 0.3) is 0 Å². The lowest BCUT2D eigenvalue weighted by Crippen LogP contribution is -2.42. The second-order valence-electron chi connectivity index (χ2n) is 8.03. The Kier molecular flexibility index (Phi) is 6.49. The van der Waals surface area contributed by atoms with E-state index in [2.05, 4.69) is 0 Å². The van der Waals surface area contributed by atoms with Gasteiger partial charge in [-0.2, -0.15) is 4.31 Å². The van der Waals surface area contributed by atoms with E-state index in [4.69, 9.17) is 4.42 Å². The Bertz CT molecular complexity index is 965. The molecule has 29 heavy (non-hydrogen) atoms. The lowest BCUT2D eigenvalue weighted by atomic mass is 10.1. The molecule has 2 aromatic rings. The van der Waals surface area contributed by atoms with Gasteiger partial charge in [-0.15, -0.1) is 0 Å². The molecule has 3 rings (SSSR count). The Morgan fingerprint density at radius 1 is 1.24 bits per heavy atom. The largest absolute Gasteiger partial charge is 0.464 e. The minimum absolute atomic E-state index is 0.0255. The first-order valence-corrected chi connectivity index (χ1v) is 11.6. The molecule has 7 heteroatoms. The SMILES string of the molecule is Cc1ccc(CN(C(=O)c2cccc(S(=O)(=O)N3CCCCC3C)c2)C(C)C)o1. The predicted octanol–water partition coefficient (Wildman–Crippen LogP) is 4.20. The maximum absolute atomic E-state index is 13.2. The monoisotopic (exact) mass is 418 g/mol. The molecule has 1 atom stereocenters. The van der Waals surface area contributed by atoms with Gasteiger partial charge in [-0.3, -0.25) is 4.79 Å². The van der Waals surface area contributed by atoms with Crippen LogP contribution in [0.2, 0.25) is 0 Å². The zero-order chi connectivity index (χ0) is 21.2. The maximum Gasteiger partial charge on any atom is 0.254 e. The number of hydrogen-bond donors (Lipinski definition) is 0. The third kappa shape index (κ3) is 4.73. The second kappa shape index (κ2) is 8.71. The molecule has 0 saturated carbocycles. The number of benzene rings is 1. The Labute approximate surface area is 173 Å². The Morgan fingerprint density at radius 3 is 2.62 bits per heavy atom. The molecule has 1 aromatic carbocycles. The van der Waals surface area contributed by atoms with Crippen LogP contribution in [0.3, 0.4) is 0 Å². The molecule has 2 heterocycles. The third-order valence-corrected chi connectivity index (χ3v) is 7.45. The van der Waals surface area contributed by atoms with Crippen molar-refractivity contribution in [3.8, 4) is 0 Å². The van der Waals surface area contributed by atoms with Gasteiger partial charge in [-0.05, 0) is 70.9 Å². The number of carbonyl (C=O) groups excluding carboxylic acids is 1. The van der Waals surface area contributed by atoms with Gasteiger partial charge in [-0.1, -0.05) is 12.5 Å². The van der Waals surface area contributed by atoms with Crippen LogP contribution >= 0.6 is 0 Å². The first-order valence-electron chi connectivity index (χ1n) is 10.2. The number of amides is 1. The van der Waals surface area contributed by atoms with Crippen molar-refractivity contribution in [2.75, 3.05) is 6.54 Å². The van der Waals surface area contributed by atoms with Crippen LogP contribution in [0.5, 0.6) is 0 Å². The molecule has 0 radical (unpaired) electrons. The smallest absolute Gasteiger partial charge is 0.254 e. The van der Waals surface area contributed by atoms with Crippen LogP contribution < -0.4 is 0 Å².